The van der Waals surface area contributed by atoms with E-state index in [-0.39, 0.29) is 9.92 Å². The van der Waals surface area contributed by atoms with E-state index in [4.69, 9.17) is 11.6 Å². The number of rotatable bonds is 9. The zero-order valence-electron chi connectivity index (χ0n) is 13.0. The maximum atomic E-state index is 12.7. The van der Waals surface area contributed by atoms with Crippen molar-refractivity contribution in [3.63, 3.8) is 0 Å². The van der Waals surface area contributed by atoms with Crippen molar-refractivity contribution < 1.29 is 8.42 Å². The fraction of sp³-hybridized carbons (Fsp3) is 0.600. The molecule has 0 spiro atoms. The highest BCUT2D eigenvalue weighted by molar-refractivity contribution is 7.89. The number of nitrogens with zero attached hydrogens (tertiary/aromatic N) is 1. The standard InChI is InChI=1S/C15H25ClN2O2S/c1-4-7-10-18(6-3)21(19,20)15-11-13(12-17-5-2)8-9-14(15)16/h8-9,11,17H,4-7,10,12H2,1-3H3. The van der Waals surface area contributed by atoms with Crippen LogP contribution in [0.25, 0.3) is 0 Å². The molecule has 0 atom stereocenters. The van der Waals surface area contributed by atoms with Crippen molar-refractivity contribution in [3.8, 4) is 0 Å². The van der Waals surface area contributed by atoms with E-state index < -0.39 is 10.0 Å². The van der Waals surface area contributed by atoms with Crippen LogP contribution >= 0.6 is 11.6 Å². The molecular formula is C15H25ClN2O2S. The van der Waals surface area contributed by atoms with Gasteiger partial charge in [0, 0.05) is 19.6 Å². The van der Waals surface area contributed by atoms with Crippen molar-refractivity contribution in [2.24, 2.45) is 0 Å². The lowest BCUT2D eigenvalue weighted by atomic mass is 10.2. The highest BCUT2D eigenvalue weighted by Crippen LogP contribution is 2.26. The minimum absolute atomic E-state index is 0.206. The van der Waals surface area contributed by atoms with Crippen LogP contribution in [0.2, 0.25) is 5.02 Å². The molecule has 0 bridgehead atoms. The Bertz CT molecular complexity index is 547. The van der Waals surface area contributed by atoms with Gasteiger partial charge in [-0.2, -0.15) is 4.31 Å². The summed E-state index contributed by atoms with van der Waals surface area (Å²) in [5, 5.41) is 3.47. The normalized spacial score (nSPS) is 12.0. The van der Waals surface area contributed by atoms with Crippen molar-refractivity contribution in [2.75, 3.05) is 19.6 Å². The van der Waals surface area contributed by atoms with Gasteiger partial charge in [0.15, 0.2) is 0 Å². The van der Waals surface area contributed by atoms with Crippen molar-refractivity contribution in [2.45, 2.75) is 45.1 Å². The predicted molar refractivity (Wildman–Crippen MR) is 88.2 cm³/mol. The van der Waals surface area contributed by atoms with E-state index in [2.05, 4.69) is 5.32 Å². The van der Waals surface area contributed by atoms with Gasteiger partial charge in [-0.1, -0.05) is 44.9 Å². The highest BCUT2D eigenvalue weighted by Gasteiger charge is 2.25. The van der Waals surface area contributed by atoms with E-state index in [0.29, 0.717) is 19.6 Å². The van der Waals surface area contributed by atoms with Gasteiger partial charge in [-0.25, -0.2) is 8.42 Å². The van der Waals surface area contributed by atoms with Gasteiger partial charge in [0.2, 0.25) is 10.0 Å². The summed E-state index contributed by atoms with van der Waals surface area (Å²) in [6.45, 7) is 8.37. The van der Waals surface area contributed by atoms with Crippen LogP contribution in [0.4, 0.5) is 0 Å². The Labute approximate surface area is 133 Å². The number of nitrogens with one attached hydrogen (secondary N) is 1. The summed E-state index contributed by atoms with van der Waals surface area (Å²) in [7, 11) is -3.53. The third kappa shape index (κ3) is 4.95. The summed E-state index contributed by atoms with van der Waals surface area (Å²) >= 11 is 6.12. The first-order valence-electron chi connectivity index (χ1n) is 7.46. The molecule has 1 rings (SSSR count). The summed E-state index contributed by atoms with van der Waals surface area (Å²) in [5.74, 6) is 0. The number of hydrogen-bond donors (Lipinski definition) is 1. The average molecular weight is 333 g/mol. The maximum absolute atomic E-state index is 12.7. The lowest BCUT2D eigenvalue weighted by Crippen LogP contribution is -2.32. The Morgan fingerprint density at radius 2 is 1.95 bits per heavy atom. The van der Waals surface area contributed by atoms with E-state index in [1.165, 1.54) is 4.31 Å². The van der Waals surface area contributed by atoms with Gasteiger partial charge < -0.3 is 5.32 Å². The van der Waals surface area contributed by atoms with Crippen molar-refractivity contribution >= 4 is 21.6 Å². The van der Waals surface area contributed by atoms with E-state index in [0.717, 1.165) is 24.9 Å². The Hall–Kier alpha value is -0.620. The first-order chi connectivity index (χ1) is 9.97. The Balaban J connectivity index is 3.10. The van der Waals surface area contributed by atoms with Gasteiger partial charge in [-0.3, -0.25) is 0 Å². The zero-order valence-corrected chi connectivity index (χ0v) is 14.6. The van der Waals surface area contributed by atoms with E-state index >= 15 is 0 Å². The number of halogens is 1. The number of unbranched alkanes of at least 4 members (excludes halogenated alkanes) is 1. The van der Waals surface area contributed by atoms with Gasteiger partial charge in [0.25, 0.3) is 0 Å². The van der Waals surface area contributed by atoms with Crippen molar-refractivity contribution in [3.05, 3.63) is 28.8 Å². The number of hydrogen-bond acceptors (Lipinski definition) is 3. The molecule has 120 valence electrons. The van der Waals surface area contributed by atoms with Crippen molar-refractivity contribution in [1.82, 2.24) is 9.62 Å². The zero-order chi connectivity index (χ0) is 15.9. The third-order valence-corrected chi connectivity index (χ3v) is 5.76. The second-order valence-corrected chi connectivity index (χ2v) is 7.21. The molecule has 1 aromatic rings. The number of sulfonamides is 1. The Kier molecular flexibility index (Phi) is 7.66. The molecule has 4 nitrogen and oxygen atoms in total. The van der Waals surface area contributed by atoms with E-state index in [1.807, 2.05) is 26.8 Å². The lowest BCUT2D eigenvalue weighted by Gasteiger charge is -2.21. The molecule has 0 aliphatic rings. The van der Waals surface area contributed by atoms with Gasteiger partial charge in [0.05, 0.1) is 5.02 Å². The monoisotopic (exact) mass is 332 g/mol. The van der Waals surface area contributed by atoms with Crippen LogP contribution in [0, 0.1) is 0 Å². The fourth-order valence-electron chi connectivity index (χ4n) is 2.05. The molecule has 1 aromatic carbocycles. The SMILES string of the molecule is CCCCN(CC)S(=O)(=O)c1cc(CNCC)ccc1Cl. The molecule has 0 saturated heterocycles. The molecule has 0 amide bonds. The molecule has 0 aromatic heterocycles. The Morgan fingerprint density at radius 1 is 1.24 bits per heavy atom. The summed E-state index contributed by atoms with van der Waals surface area (Å²) < 4.78 is 27.0. The molecule has 21 heavy (non-hydrogen) atoms. The predicted octanol–water partition coefficient (Wildman–Crippen LogP) is 3.26. The van der Waals surface area contributed by atoms with Crippen LogP contribution in [-0.2, 0) is 16.6 Å². The summed E-state index contributed by atoms with van der Waals surface area (Å²) in [6.07, 6.45) is 1.81. The van der Waals surface area contributed by atoms with E-state index in [9.17, 15) is 8.42 Å². The van der Waals surface area contributed by atoms with Crippen molar-refractivity contribution in [1.29, 1.82) is 0 Å². The molecule has 6 heteroatoms. The quantitative estimate of drug-likeness (QED) is 0.755. The fourth-order valence-corrected chi connectivity index (χ4v) is 4.06. The third-order valence-electron chi connectivity index (χ3n) is 3.31. The topological polar surface area (TPSA) is 49.4 Å². The molecular weight excluding hydrogens is 308 g/mol. The second-order valence-electron chi connectivity index (χ2n) is 4.90. The molecule has 0 radical (unpaired) electrons. The van der Waals surface area contributed by atoms with Gasteiger partial charge in [-0.15, -0.1) is 0 Å². The smallest absolute Gasteiger partial charge is 0.244 e. The molecule has 0 saturated carbocycles. The van der Waals surface area contributed by atoms with Gasteiger partial charge in [0.1, 0.15) is 4.90 Å². The molecule has 0 aliphatic carbocycles. The Morgan fingerprint density at radius 3 is 2.52 bits per heavy atom. The van der Waals surface area contributed by atoms with Crippen LogP contribution in [0.3, 0.4) is 0 Å². The van der Waals surface area contributed by atoms with Crippen LogP contribution in [0.1, 0.15) is 39.2 Å². The maximum Gasteiger partial charge on any atom is 0.244 e. The molecule has 0 aliphatic heterocycles. The number of benzene rings is 1. The van der Waals surface area contributed by atoms with Gasteiger partial charge >= 0.3 is 0 Å². The first-order valence-corrected chi connectivity index (χ1v) is 9.28. The molecule has 0 unspecified atom stereocenters. The minimum Gasteiger partial charge on any atom is -0.313 e. The van der Waals surface area contributed by atoms with Crippen LogP contribution < -0.4 is 5.32 Å². The van der Waals surface area contributed by atoms with Crippen LogP contribution in [0.15, 0.2) is 23.1 Å². The summed E-state index contributed by atoms with van der Waals surface area (Å²) in [6, 6.07) is 5.19. The van der Waals surface area contributed by atoms with Crippen LogP contribution in [0.5, 0.6) is 0 Å². The second kappa shape index (κ2) is 8.73. The largest absolute Gasteiger partial charge is 0.313 e. The molecule has 0 fully saturated rings. The average Bonchev–Trinajstić information content (AvgIpc) is 2.46. The molecule has 0 heterocycles. The first kappa shape index (κ1) is 18.4. The minimum atomic E-state index is -3.53. The summed E-state index contributed by atoms with van der Waals surface area (Å²) in [5.41, 5.74) is 0.923. The highest BCUT2D eigenvalue weighted by atomic mass is 35.5. The van der Waals surface area contributed by atoms with Gasteiger partial charge in [-0.05, 0) is 30.7 Å². The summed E-state index contributed by atoms with van der Waals surface area (Å²) in [4.78, 5) is 0.206. The lowest BCUT2D eigenvalue weighted by molar-refractivity contribution is 0.419. The van der Waals surface area contributed by atoms with E-state index in [1.54, 1.807) is 12.1 Å². The molecule has 1 N–H and O–H groups in total. The van der Waals surface area contributed by atoms with Crippen LogP contribution in [-0.4, -0.2) is 32.4 Å².